The zero-order valence-corrected chi connectivity index (χ0v) is 14.2. The monoisotopic (exact) mass is 318 g/mol. The molecular formula is C18H26N2O3. The Bertz CT molecular complexity index is 522. The summed E-state index contributed by atoms with van der Waals surface area (Å²) in [6.45, 7) is 8.51. The van der Waals surface area contributed by atoms with Crippen molar-refractivity contribution in [1.29, 1.82) is 0 Å². The van der Waals surface area contributed by atoms with Crippen LogP contribution in [-0.4, -0.2) is 54.6 Å². The highest BCUT2D eigenvalue weighted by atomic mass is 16.6. The predicted molar refractivity (Wildman–Crippen MR) is 89.2 cm³/mol. The molecule has 0 spiro atoms. The summed E-state index contributed by atoms with van der Waals surface area (Å²) in [4.78, 5) is 28.2. The first kappa shape index (κ1) is 17.3. The second-order valence-corrected chi connectivity index (χ2v) is 6.14. The summed E-state index contributed by atoms with van der Waals surface area (Å²) in [5, 5.41) is 0. The number of rotatable bonds is 4. The first-order chi connectivity index (χ1) is 11.0. The van der Waals surface area contributed by atoms with Gasteiger partial charge in [-0.15, -0.1) is 0 Å². The van der Waals surface area contributed by atoms with Crippen molar-refractivity contribution in [3.05, 3.63) is 35.9 Å². The number of benzene rings is 1. The third kappa shape index (κ3) is 4.24. The van der Waals surface area contributed by atoms with Crippen molar-refractivity contribution in [2.24, 2.45) is 5.92 Å². The van der Waals surface area contributed by atoms with Crippen molar-refractivity contribution < 1.29 is 14.3 Å². The van der Waals surface area contributed by atoms with Gasteiger partial charge < -0.3 is 14.5 Å². The molecule has 0 aromatic heterocycles. The minimum absolute atomic E-state index is 0.134. The van der Waals surface area contributed by atoms with Crippen LogP contribution < -0.4 is 0 Å². The summed E-state index contributed by atoms with van der Waals surface area (Å²) in [5.41, 5.74) is 1.06. The molecule has 126 valence electrons. The van der Waals surface area contributed by atoms with E-state index in [-0.39, 0.29) is 23.8 Å². The lowest BCUT2D eigenvalue weighted by atomic mass is 9.87. The molecule has 1 heterocycles. The van der Waals surface area contributed by atoms with Gasteiger partial charge in [-0.3, -0.25) is 4.79 Å². The Hall–Kier alpha value is -2.04. The lowest BCUT2D eigenvalue weighted by Gasteiger charge is -2.36. The van der Waals surface area contributed by atoms with Crippen molar-refractivity contribution >= 4 is 12.0 Å². The standard InChI is InChI=1S/C18H26N2O3/c1-4-23-18(22)20-12-10-19(11-13-20)17(21)16(14(2)3)15-8-6-5-7-9-15/h5-9,14,16H,4,10-13H2,1-3H3. The normalized spacial score (nSPS) is 16.3. The summed E-state index contributed by atoms with van der Waals surface area (Å²) < 4.78 is 5.02. The van der Waals surface area contributed by atoms with Crippen molar-refractivity contribution in [2.45, 2.75) is 26.7 Å². The molecular weight excluding hydrogens is 292 g/mol. The second-order valence-electron chi connectivity index (χ2n) is 6.14. The highest BCUT2D eigenvalue weighted by molar-refractivity contribution is 5.84. The molecule has 0 bridgehead atoms. The van der Waals surface area contributed by atoms with Crippen LogP contribution in [0.1, 0.15) is 32.3 Å². The lowest BCUT2D eigenvalue weighted by molar-refractivity contribution is -0.135. The number of amides is 2. The van der Waals surface area contributed by atoms with Gasteiger partial charge in [-0.1, -0.05) is 44.2 Å². The Balaban J connectivity index is 2.01. The number of piperazine rings is 1. The first-order valence-corrected chi connectivity index (χ1v) is 8.30. The fraction of sp³-hybridized carbons (Fsp3) is 0.556. The molecule has 1 aliphatic heterocycles. The predicted octanol–water partition coefficient (Wildman–Crippen LogP) is 2.73. The quantitative estimate of drug-likeness (QED) is 0.857. The van der Waals surface area contributed by atoms with Crippen molar-refractivity contribution in [3.63, 3.8) is 0 Å². The molecule has 1 aromatic rings. The van der Waals surface area contributed by atoms with E-state index in [2.05, 4.69) is 13.8 Å². The van der Waals surface area contributed by atoms with E-state index in [1.165, 1.54) is 0 Å². The molecule has 1 atom stereocenters. The molecule has 0 radical (unpaired) electrons. The topological polar surface area (TPSA) is 49.9 Å². The van der Waals surface area contributed by atoms with Crippen molar-refractivity contribution in [1.82, 2.24) is 9.80 Å². The molecule has 0 aliphatic carbocycles. The average molecular weight is 318 g/mol. The van der Waals surface area contributed by atoms with E-state index in [1.807, 2.05) is 35.2 Å². The zero-order valence-electron chi connectivity index (χ0n) is 14.2. The van der Waals surface area contributed by atoms with Crippen LogP contribution in [0.25, 0.3) is 0 Å². The van der Waals surface area contributed by atoms with Crippen molar-refractivity contribution in [2.75, 3.05) is 32.8 Å². The maximum absolute atomic E-state index is 12.9. The molecule has 23 heavy (non-hydrogen) atoms. The van der Waals surface area contributed by atoms with Crippen LogP contribution in [0.15, 0.2) is 30.3 Å². The van der Waals surface area contributed by atoms with E-state index in [1.54, 1.807) is 11.8 Å². The van der Waals surface area contributed by atoms with E-state index < -0.39 is 0 Å². The van der Waals surface area contributed by atoms with E-state index in [0.29, 0.717) is 32.8 Å². The average Bonchev–Trinajstić information content (AvgIpc) is 2.56. The summed E-state index contributed by atoms with van der Waals surface area (Å²) in [7, 11) is 0. The largest absolute Gasteiger partial charge is 0.450 e. The minimum atomic E-state index is -0.289. The molecule has 1 fully saturated rings. The highest BCUT2D eigenvalue weighted by Gasteiger charge is 2.31. The maximum Gasteiger partial charge on any atom is 0.409 e. The van der Waals surface area contributed by atoms with Gasteiger partial charge in [0.1, 0.15) is 0 Å². The molecule has 1 unspecified atom stereocenters. The highest BCUT2D eigenvalue weighted by Crippen LogP contribution is 2.27. The zero-order chi connectivity index (χ0) is 16.8. The Morgan fingerprint density at radius 3 is 2.13 bits per heavy atom. The molecule has 1 saturated heterocycles. The van der Waals surface area contributed by atoms with Crippen LogP contribution in [0.4, 0.5) is 4.79 Å². The maximum atomic E-state index is 12.9. The van der Waals surface area contributed by atoms with Gasteiger partial charge in [0.25, 0.3) is 0 Å². The molecule has 5 heteroatoms. The molecule has 2 rings (SSSR count). The third-order valence-corrected chi connectivity index (χ3v) is 4.21. The Labute approximate surface area is 138 Å². The molecule has 0 N–H and O–H groups in total. The number of carbonyl (C=O) groups is 2. The van der Waals surface area contributed by atoms with Crippen molar-refractivity contribution in [3.8, 4) is 0 Å². The van der Waals surface area contributed by atoms with E-state index in [0.717, 1.165) is 5.56 Å². The number of hydrogen-bond acceptors (Lipinski definition) is 3. The number of hydrogen-bond donors (Lipinski definition) is 0. The summed E-state index contributed by atoms with van der Waals surface area (Å²) >= 11 is 0. The molecule has 1 aliphatic rings. The fourth-order valence-electron chi connectivity index (χ4n) is 2.99. The van der Waals surface area contributed by atoms with Gasteiger partial charge in [-0.25, -0.2) is 4.79 Å². The van der Waals surface area contributed by atoms with Gasteiger partial charge in [-0.2, -0.15) is 0 Å². The third-order valence-electron chi connectivity index (χ3n) is 4.21. The smallest absolute Gasteiger partial charge is 0.409 e. The lowest BCUT2D eigenvalue weighted by Crippen LogP contribution is -2.52. The number of carbonyl (C=O) groups excluding carboxylic acids is 2. The van der Waals surface area contributed by atoms with Crippen LogP contribution in [0.2, 0.25) is 0 Å². The van der Waals surface area contributed by atoms with E-state index >= 15 is 0 Å². The number of ether oxygens (including phenoxy) is 1. The Morgan fingerprint density at radius 1 is 1.04 bits per heavy atom. The summed E-state index contributed by atoms with van der Waals surface area (Å²) in [6.07, 6.45) is -0.289. The van der Waals surface area contributed by atoms with E-state index in [9.17, 15) is 9.59 Å². The fourth-order valence-corrected chi connectivity index (χ4v) is 2.99. The molecule has 5 nitrogen and oxygen atoms in total. The Morgan fingerprint density at radius 2 is 1.61 bits per heavy atom. The van der Waals surface area contributed by atoms with Gasteiger partial charge in [0.05, 0.1) is 12.5 Å². The molecule has 2 amide bonds. The SMILES string of the molecule is CCOC(=O)N1CCN(C(=O)C(c2ccccc2)C(C)C)CC1. The second kappa shape index (κ2) is 7.99. The van der Waals surface area contributed by atoms with Crippen LogP contribution >= 0.6 is 0 Å². The number of nitrogens with zero attached hydrogens (tertiary/aromatic N) is 2. The molecule has 1 aromatic carbocycles. The van der Waals surface area contributed by atoms with Gasteiger partial charge in [0, 0.05) is 26.2 Å². The van der Waals surface area contributed by atoms with E-state index in [4.69, 9.17) is 4.74 Å². The molecule has 0 saturated carbocycles. The van der Waals surface area contributed by atoms with Gasteiger partial charge in [-0.05, 0) is 18.4 Å². The van der Waals surface area contributed by atoms with Gasteiger partial charge in [0.15, 0.2) is 0 Å². The first-order valence-electron chi connectivity index (χ1n) is 8.30. The van der Waals surface area contributed by atoms with Gasteiger partial charge >= 0.3 is 6.09 Å². The Kier molecular flexibility index (Phi) is 6.02. The minimum Gasteiger partial charge on any atom is -0.450 e. The van der Waals surface area contributed by atoms with Crippen LogP contribution in [0, 0.1) is 5.92 Å². The summed E-state index contributed by atoms with van der Waals surface area (Å²) in [6, 6.07) is 9.92. The van der Waals surface area contributed by atoms with Gasteiger partial charge in [0.2, 0.25) is 5.91 Å². The van der Waals surface area contributed by atoms with Crippen LogP contribution in [0.3, 0.4) is 0 Å². The van der Waals surface area contributed by atoms with Crippen LogP contribution in [0.5, 0.6) is 0 Å². The van der Waals surface area contributed by atoms with Crippen LogP contribution in [-0.2, 0) is 9.53 Å². The summed E-state index contributed by atoms with van der Waals surface area (Å²) in [5.74, 6) is 0.244.